The lowest BCUT2D eigenvalue weighted by molar-refractivity contribution is 0.103. The normalized spacial score (nSPS) is 10.9. The molecule has 5 aromatic rings. The van der Waals surface area contributed by atoms with Crippen LogP contribution in [0.4, 0.5) is 4.39 Å². The molecule has 0 amide bonds. The highest BCUT2D eigenvalue weighted by molar-refractivity contribution is 6.16. The van der Waals surface area contributed by atoms with E-state index in [1.54, 1.807) is 28.8 Å². The molecule has 0 saturated carbocycles. The van der Waals surface area contributed by atoms with Crippen molar-refractivity contribution in [3.63, 3.8) is 0 Å². The number of hydrogen-bond acceptors (Lipinski definition) is 4. The molecular weight excluding hydrogens is 455 g/mol. The minimum Gasteiger partial charge on any atom is -0.479 e. The van der Waals surface area contributed by atoms with Crippen LogP contribution in [-0.2, 0) is 13.0 Å². The van der Waals surface area contributed by atoms with E-state index in [1.165, 1.54) is 7.11 Å². The molecule has 2 heterocycles. The quantitative estimate of drug-likeness (QED) is 0.293. The molecule has 36 heavy (non-hydrogen) atoms. The summed E-state index contributed by atoms with van der Waals surface area (Å²) in [7, 11) is 1.30. The number of halogens is 1. The molecule has 0 aliphatic heterocycles. The smallest absolute Gasteiger partial charge is 0.260 e. The summed E-state index contributed by atoms with van der Waals surface area (Å²) in [5, 5.41) is 0.0281. The van der Waals surface area contributed by atoms with E-state index in [0.29, 0.717) is 17.7 Å². The molecule has 0 spiro atoms. The highest BCUT2D eigenvalue weighted by Gasteiger charge is 2.26. The number of pyridine rings is 2. The first-order valence-corrected chi connectivity index (χ1v) is 11.5. The van der Waals surface area contributed by atoms with Crippen LogP contribution in [0.1, 0.15) is 32.7 Å². The van der Waals surface area contributed by atoms with E-state index >= 15 is 0 Å². The Bertz CT molecular complexity index is 1600. The molecule has 0 radical (unpaired) electrons. The third-order valence-corrected chi connectivity index (χ3v) is 6.12. The van der Waals surface area contributed by atoms with Crippen molar-refractivity contribution in [3.8, 4) is 5.88 Å². The summed E-state index contributed by atoms with van der Waals surface area (Å²) in [6.45, 7) is 0.223. The molecule has 0 saturated heterocycles. The van der Waals surface area contributed by atoms with E-state index in [0.717, 1.165) is 17.2 Å². The average molecular weight is 479 g/mol. The zero-order chi connectivity index (χ0) is 25.1. The number of fused-ring (bicyclic) bond motifs is 1. The maximum Gasteiger partial charge on any atom is 0.260 e. The van der Waals surface area contributed by atoms with Crippen molar-refractivity contribution in [3.05, 3.63) is 141 Å². The average Bonchev–Trinajstić information content (AvgIpc) is 2.92. The van der Waals surface area contributed by atoms with Crippen LogP contribution in [0.15, 0.2) is 102 Å². The molecule has 5 nitrogen and oxygen atoms in total. The van der Waals surface area contributed by atoms with Crippen LogP contribution in [0.5, 0.6) is 5.88 Å². The summed E-state index contributed by atoms with van der Waals surface area (Å²) >= 11 is 0. The van der Waals surface area contributed by atoms with Crippen molar-refractivity contribution < 1.29 is 13.9 Å². The van der Waals surface area contributed by atoms with E-state index in [9.17, 15) is 14.0 Å². The van der Waals surface area contributed by atoms with Crippen LogP contribution < -0.4 is 10.3 Å². The Morgan fingerprint density at radius 2 is 1.47 bits per heavy atom. The number of rotatable bonds is 7. The monoisotopic (exact) mass is 478 g/mol. The number of carbonyl (C=O) groups is 1. The Kier molecular flexibility index (Phi) is 6.41. The standard InChI is InChI=1S/C30H23FN2O3/c1-36-29-24(31)18-23-27(32-29)26(28(34)22-15-9-4-10-16-22)25(17-20-11-5-2-6-12-20)33(30(23)35)19-21-13-7-3-8-14-21/h2-16,18H,17,19H2,1H3. The van der Waals surface area contributed by atoms with Gasteiger partial charge >= 0.3 is 0 Å². The molecule has 0 fully saturated rings. The molecule has 0 N–H and O–H groups in total. The summed E-state index contributed by atoms with van der Waals surface area (Å²) < 4.78 is 21.4. The van der Waals surface area contributed by atoms with Gasteiger partial charge in [0.05, 0.1) is 30.1 Å². The van der Waals surface area contributed by atoms with Crippen molar-refractivity contribution in [2.45, 2.75) is 13.0 Å². The van der Waals surface area contributed by atoms with E-state index in [1.807, 2.05) is 66.7 Å². The van der Waals surface area contributed by atoms with Gasteiger partial charge in [-0.05, 0) is 17.2 Å². The summed E-state index contributed by atoms with van der Waals surface area (Å²) in [5.41, 5.74) is 2.73. The fraction of sp³-hybridized carbons (Fsp3) is 0.100. The number of aromatic nitrogens is 2. The Morgan fingerprint density at radius 1 is 0.889 bits per heavy atom. The van der Waals surface area contributed by atoms with Crippen molar-refractivity contribution in [1.82, 2.24) is 9.55 Å². The Hall–Kier alpha value is -4.58. The number of carbonyl (C=O) groups excluding carboxylic acids is 1. The Labute approximate surface area is 207 Å². The van der Waals surface area contributed by atoms with Gasteiger partial charge in [-0.2, -0.15) is 0 Å². The van der Waals surface area contributed by atoms with Gasteiger partial charge in [-0.25, -0.2) is 9.37 Å². The molecule has 5 rings (SSSR count). The molecule has 0 bridgehead atoms. The summed E-state index contributed by atoms with van der Waals surface area (Å²) in [6.07, 6.45) is 0.314. The summed E-state index contributed by atoms with van der Waals surface area (Å²) in [5.74, 6) is -1.33. The number of hydrogen-bond donors (Lipinski definition) is 0. The molecule has 2 aromatic heterocycles. The first kappa shape index (κ1) is 23.2. The second-order valence-electron chi connectivity index (χ2n) is 8.43. The number of ketones is 1. The van der Waals surface area contributed by atoms with Crippen molar-refractivity contribution in [2.24, 2.45) is 0 Å². The van der Waals surface area contributed by atoms with Crippen LogP contribution in [0.2, 0.25) is 0 Å². The molecular formula is C30H23FN2O3. The lowest BCUT2D eigenvalue weighted by Crippen LogP contribution is -2.29. The molecule has 0 aliphatic carbocycles. The van der Waals surface area contributed by atoms with Gasteiger partial charge in [0.2, 0.25) is 0 Å². The van der Waals surface area contributed by atoms with Gasteiger partial charge < -0.3 is 9.30 Å². The maximum absolute atomic E-state index is 14.7. The highest BCUT2D eigenvalue weighted by atomic mass is 19.1. The Morgan fingerprint density at radius 3 is 2.08 bits per heavy atom. The minimum atomic E-state index is -0.762. The molecule has 0 aliphatic rings. The highest BCUT2D eigenvalue weighted by Crippen LogP contribution is 2.28. The van der Waals surface area contributed by atoms with Gasteiger partial charge in [0, 0.05) is 17.7 Å². The van der Waals surface area contributed by atoms with E-state index in [2.05, 4.69) is 4.98 Å². The van der Waals surface area contributed by atoms with Crippen molar-refractivity contribution >= 4 is 16.7 Å². The second kappa shape index (κ2) is 9.96. The van der Waals surface area contributed by atoms with E-state index in [4.69, 9.17) is 4.74 Å². The summed E-state index contributed by atoms with van der Waals surface area (Å²) in [6, 6.07) is 29.0. The zero-order valence-electron chi connectivity index (χ0n) is 19.6. The van der Waals surface area contributed by atoms with Crippen LogP contribution in [0, 0.1) is 5.82 Å². The van der Waals surface area contributed by atoms with Gasteiger partial charge in [-0.3, -0.25) is 9.59 Å². The first-order valence-electron chi connectivity index (χ1n) is 11.5. The van der Waals surface area contributed by atoms with E-state index in [-0.39, 0.29) is 34.7 Å². The van der Waals surface area contributed by atoms with Crippen LogP contribution in [0.25, 0.3) is 10.9 Å². The van der Waals surface area contributed by atoms with E-state index < -0.39 is 11.4 Å². The van der Waals surface area contributed by atoms with Gasteiger partial charge in [0.1, 0.15) is 0 Å². The van der Waals surface area contributed by atoms with Crippen LogP contribution in [0.3, 0.4) is 0 Å². The topological polar surface area (TPSA) is 61.2 Å². The number of methoxy groups -OCH3 is 1. The van der Waals surface area contributed by atoms with Crippen molar-refractivity contribution in [1.29, 1.82) is 0 Å². The second-order valence-corrected chi connectivity index (χ2v) is 8.43. The molecule has 178 valence electrons. The predicted octanol–water partition coefficient (Wildman–Crippen LogP) is 5.41. The molecule has 3 aromatic carbocycles. The van der Waals surface area contributed by atoms with Crippen LogP contribution in [-0.4, -0.2) is 22.4 Å². The zero-order valence-corrected chi connectivity index (χ0v) is 19.6. The van der Waals surface area contributed by atoms with Gasteiger partial charge in [0.15, 0.2) is 11.6 Å². The summed E-state index contributed by atoms with van der Waals surface area (Å²) in [4.78, 5) is 32.1. The fourth-order valence-corrected chi connectivity index (χ4v) is 4.39. The third-order valence-electron chi connectivity index (χ3n) is 6.12. The largest absolute Gasteiger partial charge is 0.479 e. The number of benzene rings is 3. The van der Waals surface area contributed by atoms with Gasteiger partial charge in [-0.1, -0.05) is 91.0 Å². The van der Waals surface area contributed by atoms with Gasteiger partial charge in [-0.15, -0.1) is 0 Å². The maximum atomic E-state index is 14.7. The lowest BCUT2D eigenvalue weighted by atomic mass is 9.95. The van der Waals surface area contributed by atoms with Crippen LogP contribution >= 0.6 is 0 Å². The number of ether oxygens (including phenoxy) is 1. The van der Waals surface area contributed by atoms with Gasteiger partial charge in [0.25, 0.3) is 11.4 Å². The first-order chi connectivity index (χ1) is 17.6. The Balaban J connectivity index is 1.87. The lowest BCUT2D eigenvalue weighted by Gasteiger charge is -2.20. The molecule has 6 heteroatoms. The van der Waals surface area contributed by atoms with Crippen molar-refractivity contribution in [2.75, 3.05) is 7.11 Å². The minimum absolute atomic E-state index is 0.0281. The SMILES string of the molecule is COc1nc2c(C(=O)c3ccccc3)c(Cc3ccccc3)n(Cc3ccccc3)c(=O)c2cc1F. The predicted molar refractivity (Wildman–Crippen MR) is 137 cm³/mol. The third kappa shape index (κ3) is 4.41. The number of nitrogens with zero attached hydrogens (tertiary/aromatic N) is 2. The molecule has 0 unspecified atom stereocenters. The fourth-order valence-electron chi connectivity index (χ4n) is 4.39. The molecule has 0 atom stereocenters.